The number of H-pyrrole nitrogens is 1. The highest BCUT2D eigenvalue weighted by Crippen LogP contribution is 2.32. The molecule has 3 aromatic rings. The van der Waals surface area contributed by atoms with E-state index in [1.54, 1.807) is 16.8 Å². The van der Waals surface area contributed by atoms with E-state index < -0.39 is 0 Å². The second kappa shape index (κ2) is 5.75. The second-order valence-corrected chi connectivity index (χ2v) is 6.62. The maximum Gasteiger partial charge on any atom is 0.265 e. The number of rotatable bonds is 3. The lowest BCUT2D eigenvalue weighted by molar-refractivity contribution is -0.116. The first kappa shape index (κ1) is 14.9. The number of anilines is 1. The molecule has 8 nitrogen and oxygen atoms in total. The van der Waals surface area contributed by atoms with Crippen LogP contribution in [0.5, 0.6) is 0 Å². The molecule has 2 N–H and O–H groups in total. The third-order valence-corrected chi connectivity index (χ3v) is 4.95. The number of amides is 1. The summed E-state index contributed by atoms with van der Waals surface area (Å²) >= 11 is 1.47. The van der Waals surface area contributed by atoms with Gasteiger partial charge in [0.05, 0.1) is 12.2 Å². The van der Waals surface area contributed by atoms with Crippen LogP contribution < -0.4 is 10.9 Å². The third-order valence-electron chi connectivity index (χ3n) is 3.86. The minimum absolute atomic E-state index is 0.166. The first-order chi connectivity index (χ1) is 11.6. The number of aromatic nitrogens is 5. The summed E-state index contributed by atoms with van der Waals surface area (Å²) in [4.78, 5) is 33.4. The molecular weight excluding hydrogens is 328 g/mol. The van der Waals surface area contributed by atoms with Crippen LogP contribution in [-0.4, -0.2) is 36.4 Å². The van der Waals surface area contributed by atoms with E-state index in [1.165, 1.54) is 18.0 Å². The predicted octanol–water partition coefficient (Wildman–Crippen LogP) is 1.50. The average Bonchev–Trinajstić information content (AvgIpc) is 3.15. The van der Waals surface area contributed by atoms with Gasteiger partial charge < -0.3 is 5.32 Å². The summed E-state index contributed by atoms with van der Waals surface area (Å²) in [6, 6.07) is 3.44. The van der Waals surface area contributed by atoms with Crippen LogP contribution in [0.4, 0.5) is 5.82 Å². The standard InChI is InChI=1S/C15H14N6O2S/c1-8-2-3-16-11(4-8)18-12(22)5-9-7-24-15-19-13-10(6-17-20-13)14(23)21(9)15/h2-4,6,9H,5,7H2,1H3,(H,17,20)(H,16,18,22). The van der Waals surface area contributed by atoms with Crippen molar-refractivity contribution in [2.45, 2.75) is 24.5 Å². The SMILES string of the molecule is Cc1ccnc(NC(=O)CC2CSc3nc4[nH]ncc4c(=O)n32)c1. The molecule has 0 aliphatic carbocycles. The fourth-order valence-corrected chi connectivity index (χ4v) is 3.85. The van der Waals surface area contributed by atoms with Crippen molar-refractivity contribution in [2.24, 2.45) is 0 Å². The van der Waals surface area contributed by atoms with Gasteiger partial charge in [-0.1, -0.05) is 11.8 Å². The highest BCUT2D eigenvalue weighted by Gasteiger charge is 2.28. The van der Waals surface area contributed by atoms with Gasteiger partial charge in [0.15, 0.2) is 10.8 Å². The Bertz CT molecular complexity index is 995. The molecule has 24 heavy (non-hydrogen) atoms. The molecule has 4 heterocycles. The zero-order chi connectivity index (χ0) is 16.7. The van der Waals surface area contributed by atoms with Crippen molar-refractivity contribution >= 4 is 34.5 Å². The fourth-order valence-electron chi connectivity index (χ4n) is 2.72. The Balaban J connectivity index is 1.57. The molecule has 0 aromatic carbocycles. The van der Waals surface area contributed by atoms with Gasteiger partial charge >= 0.3 is 0 Å². The van der Waals surface area contributed by atoms with Gasteiger partial charge in [-0.3, -0.25) is 19.3 Å². The molecule has 0 bridgehead atoms. The van der Waals surface area contributed by atoms with Crippen LogP contribution in [0, 0.1) is 6.92 Å². The molecule has 1 amide bonds. The highest BCUT2D eigenvalue weighted by atomic mass is 32.2. The van der Waals surface area contributed by atoms with E-state index in [1.807, 2.05) is 13.0 Å². The Labute approximate surface area is 140 Å². The molecule has 0 fully saturated rings. The lowest BCUT2D eigenvalue weighted by Crippen LogP contribution is -2.27. The number of thioether (sulfide) groups is 1. The van der Waals surface area contributed by atoms with Crippen LogP contribution >= 0.6 is 11.8 Å². The highest BCUT2D eigenvalue weighted by molar-refractivity contribution is 7.99. The summed E-state index contributed by atoms with van der Waals surface area (Å²) in [6.07, 6.45) is 3.31. The summed E-state index contributed by atoms with van der Waals surface area (Å²) in [7, 11) is 0. The van der Waals surface area contributed by atoms with E-state index in [0.29, 0.717) is 27.8 Å². The number of nitrogens with zero attached hydrogens (tertiary/aromatic N) is 4. The quantitative estimate of drug-likeness (QED) is 0.699. The van der Waals surface area contributed by atoms with E-state index >= 15 is 0 Å². The van der Waals surface area contributed by atoms with Gasteiger partial charge in [0.1, 0.15) is 11.2 Å². The molecular formula is C15H14N6O2S. The molecule has 1 aliphatic heterocycles. The number of aryl methyl sites for hydroxylation is 1. The molecule has 0 radical (unpaired) electrons. The van der Waals surface area contributed by atoms with Gasteiger partial charge in [-0.25, -0.2) is 9.97 Å². The minimum Gasteiger partial charge on any atom is -0.311 e. The average molecular weight is 342 g/mol. The van der Waals surface area contributed by atoms with Crippen LogP contribution in [0.15, 0.2) is 34.5 Å². The topological polar surface area (TPSA) is 106 Å². The molecule has 4 rings (SSSR count). The molecule has 1 atom stereocenters. The zero-order valence-electron chi connectivity index (χ0n) is 12.8. The van der Waals surface area contributed by atoms with Crippen LogP contribution in [0.1, 0.15) is 18.0 Å². The van der Waals surface area contributed by atoms with Gasteiger partial charge in [0.2, 0.25) is 5.91 Å². The molecule has 122 valence electrons. The van der Waals surface area contributed by atoms with Gasteiger partial charge in [-0.15, -0.1) is 0 Å². The van der Waals surface area contributed by atoms with Crippen LogP contribution in [0.2, 0.25) is 0 Å². The summed E-state index contributed by atoms with van der Waals surface area (Å²) < 4.78 is 1.59. The summed E-state index contributed by atoms with van der Waals surface area (Å²) in [6.45, 7) is 1.93. The van der Waals surface area contributed by atoms with Crippen molar-refractivity contribution in [3.63, 3.8) is 0 Å². The summed E-state index contributed by atoms with van der Waals surface area (Å²) in [5.74, 6) is 0.976. The van der Waals surface area contributed by atoms with Crippen molar-refractivity contribution in [2.75, 3.05) is 11.1 Å². The molecule has 1 aliphatic rings. The largest absolute Gasteiger partial charge is 0.311 e. The Morgan fingerprint density at radius 1 is 1.54 bits per heavy atom. The Morgan fingerprint density at radius 2 is 2.42 bits per heavy atom. The lowest BCUT2D eigenvalue weighted by Gasteiger charge is -2.13. The molecule has 0 saturated heterocycles. The number of fused-ring (bicyclic) bond motifs is 2. The number of carbonyl (C=O) groups is 1. The van der Waals surface area contributed by atoms with Crippen molar-refractivity contribution in [3.8, 4) is 0 Å². The number of pyridine rings is 1. The van der Waals surface area contributed by atoms with E-state index in [2.05, 4.69) is 25.5 Å². The maximum absolute atomic E-state index is 12.6. The van der Waals surface area contributed by atoms with Crippen LogP contribution in [0.3, 0.4) is 0 Å². The van der Waals surface area contributed by atoms with E-state index in [0.717, 1.165) is 5.56 Å². The van der Waals surface area contributed by atoms with Gasteiger partial charge in [-0.2, -0.15) is 5.10 Å². The minimum atomic E-state index is -0.228. The molecule has 1 unspecified atom stereocenters. The Morgan fingerprint density at radius 3 is 3.25 bits per heavy atom. The monoisotopic (exact) mass is 342 g/mol. The van der Waals surface area contributed by atoms with E-state index in [-0.39, 0.29) is 23.9 Å². The Kier molecular flexibility index (Phi) is 3.57. The smallest absolute Gasteiger partial charge is 0.265 e. The second-order valence-electron chi connectivity index (χ2n) is 5.64. The van der Waals surface area contributed by atoms with Crippen molar-refractivity contribution in [1.29, 1.82) is 0 Å². The van der Waals surface area contributed by atoms with Crippen LogP contribution in [-0.2, 0) is 4.79 Å². The van der Waals surface area contributed by atoms with Gasteiger partial charge in [-0.05, 0) is 24.6 Å². The lowest BCUT2D eigenvalue weighted by atomic mass is 10.2. The summed E-state index contributed by atoms with van der Waals surface area (Å²) in [5.41, 5.74) is 1.33. The molecule has 3 aromatic heterocycles. The predicted molar refractivity (Wildman–Crippen MR) is 90.1 cm³/mol. The first-order valence-corrected chi connectivity index (χ1v) is 8.41. The molecule has 9 heteroatoms. The summed E-state index contributed by atoms with van der Waals surface area (Å²) in [5, 5.41) is 10.4. The number of hydrogen-bond donors (Lipinski definition) is 2. The van der Waals surface area contributed by atoms with Crippen molar-refractivity contribution < 1.29 is 4.79 Å². The number of hydrogen-bond acceptors (Lipinski definition) is 6. The normalized spacial score (nSPS) is 16.3. The van der Waals surface area contributed by atoms with Crippen molar-refractivity contribution in [1.82, 2.24) is 24.7 Å². The molecule has 0 spiro atoms. The maximum atomic E-state index is 12.6. The third kappa shape index (κ3) is 2.56. The Hall–Kier alpha value is -2.68. The zero-order valence-corrected chi connectivity index (χ0v) is 13.6. The fraction of sp³-hybridized carbons (Fsp3) is 0.267. The van der Waals surface area contributed by atoms with Gasteiger partial charge in [0.25, 0.3) is 5.56 Å². The van der Waals surface area contributed by atoms with Crippen LogP contribution in [0.25, 0.3) is 11.0 Å². The number of nitrogens with one attached hydrogen (secondary N) is 2. The van der Waals surface area contributed by atoms with Gasteiger partial charge in [0, 0.05) is 18.4 Å². The molecule has 0 saturated carbocycles. The van der Waals surface area contributed by atoms with E-state index in [4.69, 9.17) is 0 Å². The number of aromatic amines is 1. The van der Waals surface area contributed by atoms with Crippen molar-refractivity contribution in [3.05, 3.63) is 40.4 Å². The number of carbonyl (C=O) groups excluding carboxylic acids is 1. The first-order valence-electron chi connectivity index (χ1n) is 7.43. The van der Waals surface area contributed by atoms with E-state index in [9.17, 15) is 9.59 Å².